The molecule has 246 valence electrons. The van der Waals surface area contributed by atoms with Gasteiger partial charge >= 0.3 is 6.92 Å². The fraction of sp³-hybridized carbons (Fsp3) is 0. The summed E-state index contributed by atoms with van der Waals surface area (Å²) in [7, 11) is 0. The van der Waals surface area contributed by atoms with Crippen molar-refractivity contribution in [3.8, 4) is 56.3 Å². The van der Waals surface area contributed by atoms with Gasteiger partial charge in [-0.1, -0.05) is 109 Å². The van der Waals surface area contributed by atoms with E-state index in [4.69, 9.17) is 13.8 Å². The monoisotopic (exact) mass is 677 g/mol. The molecule has 8 aromatic carbocycles. The molecule has 0 unspecified atom stereocenters. The Labute approximate surface area is 305 Å². The summed E-state index contributed by atoms with van der Waals surface area (Å²) in [5, 5.41) is 4.72. The van der Waals surface area contributed by atoms with Gasteiger partial charge in [0.05, 0.1) is 11.0 Å². The average Bonchev–Trinajstić information content (AvgIpc) is 3.77. The molecular weight excluding hydrogens is 649 g/mol. The molecule has 0 saturated heterocycles. The summed E-state index contributed by atoms with van der Waals surface area (Å²) < 4.78 is 22.4. The maximum atomic E-state index is 6.92. The molecule has 0 radical (unpaired) electrons. The third-order valence-electron chi connectivity index (χ3n) is 11.1. The van der Waals surface area contributed by atoms with Crippen LogP contribution in [-0.2, 0) is 0 Å². The molecule has 4 heterocycles. The Hall–Kier alpha value is -6.98. The van der Waals surface area contributed by atoms with Crippen LogP contribution in [-0.4, -0.2) is 11.5 Å². The van der Waals surface area contributed by atoms with Crippen LogP contribution < -0.4 is 20.3 Å². The number of rotatable bonds is 3. The molecule has 2 aliphatic rings. The molecule has 12 rings (SSSR count). The normalized spacial score (nSPS) is 12.8. The van der Waals surface area contributed by atoms with Crippen molar-refractivity contribution in [1.29, 1.82) is 0 Å². The van der Waals surface area contributed by atoms with Crippen LogP contribution in [0.2, 0.25) is 0 Å². The first-order chi connectivity index (χ1) is 26.3. The van der Waals surface area contributed by atoms with Crippen LogP contribution in [0.15, 0.2) is 174 Å². The number of ether oxygens (including phenoxy) is 1. The van der Waals surface area contributed by atoms with Gasteiger partial charge in [-0.3, -0.25) is 0 Å². The standard InChI is InChI=1S/C48H28BNO3/c1-5-15-40-34(10-1)35-11-2-6-16-41(35)50(40)32-23-20-29(21-24-32)30-22-25-39-45(27-30)52-46-28-31(26-38-36-12-3-8-18-43(36)53-49(39)48(38)46)33-14-9-19-44-47(33)37-13-4-7-17-42(37)51-44/h1-28H. The minimum atomic E-state index is -0.287. The molecule has 0 fully saturated rings. The Bertz CT molecular complexity index is 3080. The van der Waals surface area contributed by atoms with E-state index in [2.05, 4.69) is 150 Å². The maximum absolute atomic E-state index is 6.92. The van der Waals surface area contributed by atoms with Crippen molar-refractivity contribution >= 4 is 61.6 Å². The van der Waals surface area contributed by atoms with Gasteiger partial charge in [-0.05, 0) is 88.5 Å². The van der Waals surface area contributed by atoms with Crippen LogP contribution in [0, 0.1) is 0 Å². The topological polar surface area (TPSA) is 36.5 Å². The lowest BCUT2D eigenvalue weighted by atomic mass is 9.50. The Morgan fingerprint density at radius 1 is 0.434 bits per heavy atom. The number of furan rings is 1. The van der Waals surface area contributed by atoms with E-state index in [1.807, 2.05) is 24.3 Å². The Morgan fingerprint density at radius 3 is 1.92 bits per heavy atom. The zero-order valence-electron chi connectivity index (χ0n) is 28.4. The van der Waals surface area contributed by atoms with Crippen molar-refractivity contribution in [3.63, 3.8) is 0 Å². The first-order valence-electron chi connectivity index (χ1n) is 18.0. The zero-order chi connectivity index (χ0) is 34.6. The molecular formula is C48H28BNO3. The highest BCUT2D eigenvalue weighted by molar-refractivity contribution is 6.84. The number of hydrogen-bond acceptors (Lipinski definition) is 3. The van der Waals surface area contributed by atoms with Crippen LogP contribution in [0.3, 0.4) is 0 Å². The number of fused-ring (bicyclic) bond motifs is 10. The molecule has 0 saturated carbocycles. The summed E-state index contributed by atoms with van der Waals surface area (Å²) in [6.45, 7) is -0.287. The fourth-order valence-electron chi connectivity index (χ4n) is 8.71. The van der Waals surface area contributed by atoms with E-state index in [9.17, 15) is 0 Å². The molecule has 0 spiro atoms. The Balaban J connectivity index is 0.983. The van der Waals surface area contributed by atoms with Crippen molar-refractivity contribution in [2.75, 3.05) is 0 Å². The molecule has 0 bridgehead atoms. The first-order valence-corrected chi connectivity index (χ1v) is 18.0. The smallest absolute Gasteiger partial charge is 0.434 e. The highest BCUT2D eigenvalue weighted by Crippen LogP contribution is 2.44. The molecule has 10 aromatic rings. The zero-order valence-corrected chi connectivity index (χ0v) is 28.4. The minimum Gasteiger partial charge on any atom is -0.551 e. The fourth-order valence-corrected chi connectivity index (χ4v) is 8.71. The molecule has 53 heavy (non-hydrogen) atoms. The predicted octanol–water partition coefficient (Wildman–Crippen LogP) is 11.3. The summed E-state index contributed by atoms with van der Waals surface area (Å²) in [5.74, 6) is 2.49. The summed E-state index contributed by atoms with van der Waals surface area (Å²) in [6.07, 6.45) is 0. The van der Waals surface area contributed by atoms with E-state index < -0.39 is 0 Å². The molecule has 0 amide bonds. The van der Waals surface area contributed by atoms with E-state index >= 15 is 0 Å². The summed E-state index contributed by atoms with van der Waals surface area (Å²) >= 11 is 0. The molecule has 2 aliphatic heterocycles. The Morgan fingerprint density at radius 2 is 1.09 bits per heavy atom. The van der Waals surface area contributed by atoms with Crippen LogP contribution in [0.25, 0.3) is 82.8 Å². The van der Waals surface area contributed by atoms with Gasteiger partial charge in [-0.2, -0.15) is 0 Å². The quantitative estimate of drug-likeness (QED) is 0.175. The van der Waals surface area contributed by atoms with Gasteiger partial charge in [0.25, 0.3) is 0 Å². The van der Waals surface area contributed by atoms with Gasteiger partial charge in [0, 0.05) is 43.7 Å². The second kappa shape index (κ2) is 10.8. The molecule has 0 N–H and O–H groups in total. The van der Waals surface area contributed by atoms with Crippen molar-refractivity contribution in [1.82, 2.24) is 4.57 Å². The van der Waals surface area contributed by atoms with E-state index in [-0.39, 0.29) is 6.92 Å². The van der Waals surface area contributed by atoms with Crippen LogP contribution >= 0.6 is 0 Å². The third-order valence-corrected chi connectivity index (χ3v) is 11.1. The van der Waals surface area contributed by atoms with Crippen LogP contribution in [0.5, 0.6) is 17.2 Å². The van der Waals surface area contributed by atoms with Crippen molar-refractivity contribution in [3.05, 3.63) is 170 Å². The number of para-hydroxylation sites is 4. The first kappa shape index (κ1) is 28.7. The van der Waals surface area contributed by atoms with Gasteiger partial charge in [-0.15, -0.1) is 0 Å². The molecule has 4 nitrogen and oxygen atoms in total. The van der Waals surface area contributed by atoms with Gasteiger partial charge < -0.3 is 18.4 Å². The van der Waals surface area contributed by atoms with E-state index in [0.717, 1.165) is 89.2 Å². The number of benzene rings is 8. The van der Waals surface area contributed by atoms with E-state index in [1.165, 1.54) is 21.8 Å². The average molecular weight is 678 g/mol. The lowest BCUT2D eigenvalue weighted by molar-refractivity contribution is 0.480. The second-order valence-corrected chi connectivity index (χ2v) is 14.0. The predicted molar refractivity (Wildman–Crippen MR) is 217 cm³/mol. The largest absolute Gasteiger partial charge is 0.551 e. The lowest BCUT2D eigenvalue weighted by Crippen LogP contribution is -2.53. The summed E-state index contributed by atoms with van der Waals surface area (Å²) in [6, 6.07) is 59.9. The molecule has 0 atom stereocenters. The highest BCUT2D eigenvalue weighted by atomic mass is 16.5. The summed E-state index contributed by atoms with van der Waals surface area (Å²) in [5.41, 5.74) is 14.0. The molecule has 5 heteroatoms. The van der Waals surface area contributed by atoms with Crippen molar-refractivity contribution in [2.45, 2.75) is 0 Å². The second-order valence-electron chi connectivity index (χ2n) is 14.0. The van der Waals surface area contributed by atoms with Crippen molar-refractivity contribution in [2.24, 2.45) is 0 Å². The Kier molecular flexibility index (Phi) is 5.83. The number of aromatic nitrogens is 1. The maximum Gasteiger partial charge on any atom is 0.434 e. The number of nitrogens with zero attached hydrogens (tertiary/aromatic N) is 1. The molecule has 0 aliphatic carbocycles. The lowest BCUT2D eigenvalue weighted by Gasteiger charge is -2.33. The van der Waals surface area contributed by atoms with E-state index in [1.54, 1.807) is 0 Å². The van der Waals surface area contributed by atoms with Gasteiger partial charge in [0.2, 0.25) is 0 Å². The van der Waals surface area contributed by atoms with Gasteiger partial charge in [-0.25, -0.2) is 0 Å². The van der Waals surface area contributed by atoms with Crippen molar-refractivity contribution < 1.29 is 13.8 Å². The van der Waals surface area contributed by atoms with E-state index in [0.29, 0.717) is 0 Å². The number of hydrogen-bond donors (Lipinski definition) is 0. The SMILES string of the molecule is c1ccc2c(c1)OB1c3ccc(-c4ccc(-n5c6ccccc6c6ccccc65)cc4)cc3Oc3cc(-c4cccc5oc6ccccc6c45)cc-2c31. The van der Waals surface area contributed by atoms with Gasteiger partial charge in [0.1, 0.15) is 28.4 Å². The highest BCUT2D eigenvalue weighted by Gasteiger charge is 2.41. The minimum absolute atomic E-state index is 0.287. The van der Waals surface area contributed by atoms with Gasteiger partial charge in [0.15, 0.2) is 0 Å². The van der Waals surface area contributed by atoms with Crippen LogP contribution in [0.1, 0.15) is 0 Å². The van der Waals surface area contributed by atoms with Crippen LogP contribution in [0.4, 0.5) is 0 Å². The summed E-state index contributed by atoms with van der Waals surface area (Å²) in [4.78, 5) is 0. The molecule has 2 aromatic heterocycles. The third kappa shape index (κ3) is 4.13.